The number of nitrogens with zero attached hydrogens (tertiary/aromatic N) is 5. The number of carbonyl (C=O) groups is 2. The average molecular weight is 891 g/mol. The highest BCUT2D eigenvalue weighted by Crippen LogP contribution is 2.14. The fraction of sp³-hybridized carbons (Fsp3) is 0.964. The zero-order valence-electron chi connectivity index (χ0n) is 43.4. The molecule has 374 valence electrons. The molecule has 0 aromatic heterocycles. The molecular weight excluding hydrogens is 779 g/mol. The van der Waals surface area contributed by atoms with Crippen LogP contribution in [0.1, 0.15) is 247 Å². The van der Waals surface area contributed by atoms with Gasteiger partial charge >= 0.3 is 5.97 Å². The Kier molecular flexibility index (Phi) is 43.6. The summed E-state index contributed by atoms with van der Waals surface area (Å²) in [5, 5.41) is 0. The molecule has 1 aliphatic rings. The monoisotopic (exact) mass is 890 g/mol. The third kappa shape index (κ3) is 37.6. The van der Waals surface area contributed by atoms with Gasteiger partial charge < -0.3 is 19.4 Å². The van der Waals surface area contributed by atoms with Crippen LogP contribution in [0.5, 0.6) is 0 Å². The molecule has 1 fully saturated rings. The van der Waals surface area contributed by atoms with E-state index in [0.717, 1.165) is 97.7 Å². The molecule has 0 aliphatic carbocycles. The number of unbranched alkanes of at least 4 members (excludes halogenated alkanes) is 26. The predicted octanol–water partition coefficient (Wildman–Crippen LogP) is 13.6. The third-order valence-corrected chi connectivity index (χ3v) is 13.7. The van der Waals surface area contributed by atoms with E-state index in [1.165, 1.54) is 193 Å². The van der Waals surface area contributed by atoms with E-state index in [1.54, 1.807) is 0 Å². The summed E-state index contributed by atoms with van der Waals surface area (Å²) in [7, 11) is 0. The second kappa shape index (κ2) is 45.9. The average Bonchev–Trinajstić information content (AvgIpc) is 3.29. The zero-order valence-corrected chi connectivity index (χ0v) is 43.4. The van der Waals surface area contributed by atoms with E-state index in [9.17, 15) is 9.59 Å². The fourth-order valence-electron chi connectivity index (χ4n) is 9.25. The summed E-state index contributed by atoms with van der Waals surface area (Å²) in [6, 6.07) is 0. The highest BCUT2D eigenvalue weighted by molar-refractivity contribution is 5.78. The zero-order chi connectivity index (χ0) is 45.7. The lowest BCUT2D eigenvalue weighted by Crippen LogP contribution is -2.52. The first-order valence-corrected chi connectivity index (χ1v) is 28.3. The minimum absolute atomic E-state index is 0.0324. The van der Waals surface area contributed by atoms with Crippen molar-refractivity contribution in [3.05, 3.63) is 0 Å². The Morgan fingerprint density at radius 3 is 1.17 bits per heavy atom. The highest BCUT2D eigenvalue weighted by Gasteiger charge is 2.23. The summed E-state index contributed by atoms with van der Waals surface area (Å²) in [5.74, 6) is 0.308. The van der Waals surface area contributed by atoms with Crippen LogP contribution in [-0.2, 0) is 14.3 Å². The number of piperazine rings is 1. The summed E-state index contributed by atoms with van der Waals surface area (Å²) < 4.78 is 5.60. The Bertz CT molecular complexity index is 958. The number of ether oxygens (including phenoxy) is 1. The Labute approximate surface area is 394 Å². The van der Waals surface area contributed by atoms with Crippen LogP contribution < -0.4 is 0 Å². The van der Waals surface area contributed by atoms with Crippen molar-refractivity contribution in [3.8, 4) is 0 Å². The van der Waals surface area contributed by atoms with Gasteiger partial charge in [0.25, 0.3) is 0 Å². The van der Waals surface area contributed by atoms with Gasteiger partial charge in [-0.1, -0.05) is 202 Å². The van der Waals surface area contributed by atoms with Crippen LogP contribution in [0.15, 0.2) is 0 Å². The molecule has 0 radical (unpaired) electrons. The predicted molar refractivity (Wildman–Crippen MR) is 274 cm³/mol. The molecule has 8 heteroatoms. The Morgan fingerprint density at radius 2 is 0.730 bits per heavy atom. The van der Waals surface area contributed by atoms with Crippen molar-refractivity contribution in [2.75, 3.05) is 98.2 Å². The maximum absolute atomic E-state index is 14.0. The van der Waals surface area contributed by atoms with Gasteiger partial charge in [-0.15, -0.1) is 0 Å². The van der Waals surface area contributed by atoms with Crippen LogP contribution in [0.2, 0.25) is 0 Å². The second-order valence-electron chi connectivity index (χ2n) is 19.7. The molecule has 63 heavy (non-hydrogen) atoms. The minimum Gasteiger partial charge on any atom is -0.466 e. The summed E-state index contributed by atoms with van der Waals surface area (Å²) >= 11 is 0. The topological polar surface area (TPSA) is 59.6 Å². The van der Waals surface area contributed by atoms with Crippen LogP contribution in [-0.4, -0.2) is 135 Å². The van der Waals surface area contributed by atoms with Crippen LogP contribution in [0.25, 0.3) is 0 Å². The van der Waals surface area contributed by atoms with Gasteiger partial charge in [0.2, 0.25) is 5.91 Å². The third-order valence-electron chi connectivity index (χ3n) is 13.7. The summed E-state index contributed by atoms with van der Waals surface area (Å²) in [5.41, 5.74) is 0. The van der Waals surface area contributed by atoms with Crippen LogP contribution >= 0.6 is 0 Å². The van der Waals surface area contributed by atoms with Gasteiger partial charge in [0.05, 0.1) is 13.2 Å². The normalized spacial score (nSPS) is 13.6. The van der Waals surface area contributed by atoms with Crippen LogP contribution in [0, 0.1) is 0 Å². The fourth-order valence-corrected chi connectivity index (χ4v) is 9.25. The standard InChI is InChI=1S/C55H111N5O3/c1-6-11-16-20-24-28-33-39-56(40-34-29-25-21-17-12-7-2)46-47-59(42-36-31-27-23-19-14-9-4)53-54(61)60-50-48-58(49-51-60)45-44-57(41-35-30-26-22-18-13-8-3)43-37-52-63-55(62)38-32-15-10-5/h6-53H2,1-5H3. The van der Waals surface area contributed by atoms with Crippen molar-refractivity contribution in [1.82, 2.24) is 24.5 Å². The molecule has 0 aromatic carbocycles. The molecule has 0 saturated carbocycles. The molecule has 1 aliphatic heterocycles. The molecule has 1 amide bonds. The number of hydrogen-bond donors (Lipinski definition) is 0. The van der Waals surface area contributed by atoms with Gasteiger partial charge in [-0.2, -0.15) is 0 Å². The molecular formula is C55H111N5O3. The number of rotatable bonds is 48. The van der Waals surface area contributed by atoms with Crippen molar-refractivity contribution in [1.29, 1.82) is 0 Å². The van der Waals surface area contributed by atoms with Gasteiger partial charge in [0, 0.05) is 65.3 Å². The molecule has 0 aromatic rings. The first kappa shape index (κ1) is 59.8. The molecule has 0 N–H and O–H groups in total. The maximum Gasteiger partial charge on any atom is 0.305 e. The lowest BCUT2D eigenvalue weighted by molar-refractivity contribution is -0.144. The lowest BCUT2D eigenvalue weighted by atomic mass is 10.1. The van der Waals surface area contributed by atoms with E-state index >= 15 is 0 Å². The summed E-state index contributed by atoms with van der Waals surface area (Å²) in [6.07, 6.45) is 42.2. The molecule has 1 rings (SSSR count). The van der Waals surface area contributed by atoms with Crippen LogP contribution in [0.4, 0.5) is 0 Å². The van der Waals surface area contributed by atoms with Crippen molar-refractivity contribution in [2.24, 2.45) is 0 Å². The Hall–Kier alpha value is -1.22. The number of esters is 1. The number of hydrogen-bond acceptors (Lipinski definition) is 7. The van der Waals surface area contributed by atoms with E-state index < -0.39 is 0 Å². The molecule has 1 heterocycles. The minimum atomic E-state index is -0.0324. The second-order valence-corrected chi connectivity index (χ2v) is 19.7. The van der Waals surface area contributed by atoms with Crippen molar-refractivity contribution >= 4 is 11.9 Å². The molecule has 0 spiro atoms. The van der Waals surface area contributed by atoms with Crippen molar-refractivity contribution < 1.29 is 14.3 Å². The maximum atomic E-state index is 14.0. The summed E-state index contributed by atoms with van der Waals surface area (Å²) in [6.45, 7) is 25.9. The molecule has 8 nitrogen and oxygen atoms in total. The Balaban J connectivity index is 2.73. The largest absolute Gasteiger partial charge is 0.466 e. The van der Waals surface area contributed by atoms with Gasteiger partial charge in [-0.25, -0.2) is 0 Å². The van der Waals surface area contributed by atoms with Crippen molar-refractivity contribution in [3.63, 3.8) is 0 Å². The van der Waals surface area contributed by atoms with E-state index in [-0.39, 0.29) is 5.97 Å². The van der Waals surface area contributed by atoms with Crippen molar-refractivity contribution in [2.45, 2.75) is 247 Å². The van der Waals surface area contributed by atoms with Gasteiger partial charge in [-0.05, 0) is 64.7 Å². The first-order valence-electron chi connectivity index (χ1n) is 28.3. The van der Waals surface area contributed by atoms with Gasteiger partial charge in [0.1, 0.15) is 0 Å². The Morgan fingerprint density at radius 1 is 0.381 bits per heavy atom. The molecule has 1 saturated heterocycles. The SMILES string of the molecule is CCCCCCCCCN(CCCOC(=O)CCCCC)CCN1CCN(C(=O)CN(CCCCCCCCC)CCN(CCCCCCCCC)CCCCCCCCC)CC1. The smallest absolute Gasteiger partial charge is 0.305 e. The quantitative estimate of drug-likeness (QED) is 0.0445. The van der Waals surface area contributed by atoms with Crippen LogP contribution in [0.3, 0.4) is 0 Å². The van der Waals surface area contributed by atoms with E-state index in [0.29, 0.717) is 25.5 Å². The number of carbonyl (C=O) groups excluding carboxylic acids is 2. The highest BCUT2D eigenvalue weighted by atomic mass is 16.5. The van der Waals surface area contributed by atoms with Gasteiger partial charge in [-0.3, -0.25) is 19.4 Å². The molecule has 0 unspecified atom stereocenters. The van der Waals surface area contributed by atoms with Gasteiger partial charge in [0.15, 0.2) is 0 Å². The lowest BCUT2D eigenvalue weighted by Gasteiger charge is -2.37. The molecule has 0 atom stereocenters. The molecule has 0 bridgehead atoms. The van der Waals surface area contributed by atoms with E-state index in [2.05, 4.69) is 59.1 Å². The van der Waals surface area contributed by atoms with E-state index in [1.807, 2.05) is 0 Å². The summed E-state index contributed by atoms with van der Waals surface area (Å²) in [4.78, 5) is 38.8. The van der Waals surface area contributed by atoms with E-state index in [4.69, 9.17) is 4.74 Å². The number of amides is 1. The first-order chi connectivity index (χ1) is 31.0.